The zero-order valence-electron chi connectivity index (χ0n) is 12.7. The summed E-state index contributed by atoms with van der Waals surface area (Å²) in [5, 5.41) is 0.989. The minimum atomic E-state index is 0.856. The molecule has 3 heteroatoms. The number of benzene rings is 3. The second kappa shape index (κ2) is 5.86. The smallest absolute Gasteiger partial charge is 0.129 e. The fourth-order valence-electron chi connectivity index (χ4n) is 2.67. The van der Waals surface area contributed by atoms with Gasteiger partial charge in [0, 0.05) is 0 Å². The van der Waals surface area contributed by atoms with Gasteiger partial charge < -0.3 is 4.74 Å². The van der Waals surface area contributed by atoms with Crippen molar-refractivity contribution in [3.63, 3.8) is 0 Å². The Labute approximate surface area is 139 Å². The predicted molar refractivity (Wildman–Crippen MR) is 97.0 cm³/mol. The molecule has 0 aliphatic carbocycles. The van der Waals surface area contributed by atoms with Crippen LogP contribution in [0, 0.1) is 0 Å². The minimum absolute atomic E-state index is 0.856. The molecule has 0 aliphatic heterocycles. The minimum Gasteiger partial charge on any atom is -0.496 e. The number of fused-ring (bicyclic) bond motifs is 1. The number of para-hydroxylation sites is 1. The zero-order valence-corrected chi connectivity index (χ0v) is 13.5. The quantitative estimate of drug-likeness (QED) is 0.488. The standard InChI is InChI=1S/C20H15NOS/c1-22-18-10-6-5-9-16(18)20-21-17-12-11-15(13-19(17)23-20)14-7-3-2-4-8-14/h2-13H,1H3. The lowest BCUT2D eigenvalue weighted by Gasteiger charge is -2.04. The zero-order chi connectivity index (χ0) is 15.6. The Bertz CT molecular complexity index is 960. The molecule has 0 aliphatic rings. The summed E-state index contributed by atoms with van der Waals surface area (Å²) in [5.74, 6) is 0.856. The molecule has 0 radical (unpaired) electrons. The molecule has 1 aromatic heterocycles. The third-order valence-electron chi connectivity index (χ3n) is 3.83. The van der Waals surface area contributed by atoms with E-state index in [4.69, 9.17) is 9.72 Å². The van der Waals surface area contributed by atoms with Crippen LogP contribution >= 0.6 is 11.3 Å². The molecule has 112 valence electrons. The third kappa shape index (κ3) is 2.60. The van der Waals surface area contributed by atoms with Gasteiger partial charge in [-0.2, -0.15) is 0 Å². The molecule has 4 rings (SSSR count). The molecule has 0 spiro atoms. The topological polar surface area (TPSA) is 22.1 Å². The molecular formula is C20H15NOS. The van der Waals surface area contributed by atoms with Crippen molar-refractivity contribution in [1.29, 1.82) is 0 Å². The van der Waals surface area contributed by atoms with Crippen molar-refractivity contribution in [2.24, 2.45) is 0 Å². The van der Waals surface area contributed by atoms with Gasteiger partial charge >= 0.3 is 0 Å². The molecule has 0 saturated heterocycles. The molecule has 1 heterocycles. The molecule has 4 aromatic rings. The third-order valence-corrected chi connectivity index (χ3v) is 4.88. The van der Waals surface area contributed by atoms with E-state index in [-0.39, 0.29) is 0 Å². The van der Waals surface area contributed by atoms with Crippen molar-refractivity contribution in [2.45, 2.75) is 0 Å². The first-order valence-electron chi connectivity index (χ1n) is 7.44. The second-order valence-corrected chi connectivity index (χ2v) is 6.30. The van der Waals surface area contributed by atoms with Crippen molar-refractivity contribution in [3.05, 3.63) is 72.8 Å². The van der Waals surface area contributed by atoms with E-state index >= 15 is 0 Å². The van der Waals surface area contributed by atoms with Crippen molar-refractivity contribution in [2.75, 3.05) is 7.11 Å². The fourth-order valence-corrected chi connectivity index (χ4v) is 3.71. The summed E-state index contributed by atoms with van der Waals surface area (Å²) in [5.41, 5.74) is 4.50. The Balaban J connectivity index is 1.83. The van der Waals surface area contributed by atoms with Gasteiger partial charge in [-0.3, -0.25) is 0 Å². The van der Waals surface area contributed by atoms with Crippen LogP contribution in [0.4, 0.5) is 0 Å². The van der Waals surface area contributed by atoms with Crippen LogP contribution in [0.3, 0.4) is 0 Å². The summed E-state index contributed by atoms with van der Waals surface area (Å²) in [6, 6.07) is 24.9. The van der Waals surface area contributed by atoms with Crippen LogP contribution < -0.4 is 4.74 Å². The average Bonchev–Trinajstić information content (AvgIpc) is 3.05. The Hall–Kier alpha value is -2.65. The first kappa shape index (κ1) is 14.0. The number of aromatic nitrogens is 1. The van der Waals surface area contributed by atoms with E-state index in [1.54, 1.807) is 18.4 Å². The van der Waals surface area contributed by atoms with Gasteiger partial charge in [0.1, 0.15) is 10.8 Å². The van der Waals surface area contributed by atoms with Crippen molar-refractivity contribution < 1.29 is 4.74 Å². The van der Waals surface area contributed by atoms with E-state index in [9.17, 15) is 0 Å². The van der Waals surface area contributed by atoms with Crippen LogP contribution in [-0.2, 0) is 0 Å². The van der Waals surface area contributed by atoms with Crippen LogP contribution in [0.25, 0.3) is 31.9 Å². The molecule has 23 heavy (non-hydrogen) atoms. The fraction of sp³-hybridized carbons (Fsp3) is 0.0500. The number of methoxy groups -OCH3 is 1. The lowest BCUT2D eigenvalue weighted by molar-refractivity contribution is 0.416. The summed E-state index contributed by atoms with van der Waals surface area (Å²) in [6.45, 7) is 0. The van der Waals surface area contributed by atoms with Gasteiger partial charge in [0.15, 0.2) is 0 Å². The number of nitrogens with zero attached hydrogens (tertiary/aromatic N) is 1. The highest BCUT2D eigenvalue weighted by atomic mass is 32.1. The van der Waals surface area contributed by atoms with Gasteiger partial charge in [0.25, 0.3) is 0 Å². The van der Waals surface area contributed by atoms with E-state index in [1.165, 1.54) is 15.8 Å². The lowest BCUT2D eigenvalue weighted by Crippen LogP contribution is -1.86. The SMILES string of the molecule is COc1ccccc1-c1nc2ccc(-c3ccccc3)cc2s1. The van der Waals surface area contributed by atoms with Gasteiger partial charge in [0.05, 0.1) is 22.9 Å². The van der Waals surface area contributed by atoms with Crippen LogP contribution in [0.5, 0.6) is 5.75 Å². The Morgan fingerprint density at radius 2 is 1.61 bits per heavy atom. The summed E-state index contributed by atoms with van der Waals surface area (Å²) in [7, 11) is 1.69. The van der Waals surface area contributed by atoms with Gasteiger partial charge in [0.2, 0.25) is 0 Å². The maximum Gasteiger partial charge on any atom is 0.129 e. The first-order valence-corrected chi connectivity index (χ1v) is 8.26. The average molecular weight is 317 g/mol. The summed E-state index contributed by atoms with van der Waals surface area (Å²) < 4.78 is 6.64. The van der Waals surface area contributed by atoms with E-state index in [0.717, 1.165) is 21.8 Å². The Morgan fingerprint density at radius 1 is 0.826 bits per heavy atom. The van der Waals surface area contributed by atoms with E-state index in [0.29, 0.717) is 0 Å². The van der Waals surface area contributed by atoms with Crippen molar-refractivity contribution >= 4 is 21.6 Å². The highest BCUT2D eigenvalue weighted by Crippen LogP contribution is 2.36. The highest BCUT2D eigenvalue weighted by Gasteiger charge is 2.11. The maximum atomic E-state index is 5.46. The monoisotopic (exact) mass is 317 g/mol. The summed E-state index contributed by atoms with van der Waals surface area (Å²) in [6.07, 6.45) is 0. The van der Waals surface area contributed by atoms with Crippen molar-refractivity contribution in [1.82, 2.24) is 4.98 Å². The van der Waals surface area contributed by atoms with Gasteiger partial charge in [-0.15, -0.1) is 11.3 Å². The number of thiazole rings is 1. The molecular weight excluding hydrogens is 302 g/mol. The molecule has 3 aromatic carbocycles. The maximum absolute atomic E-state index is 5.46. The molecule has 0 amide bonds. The van der Waals surface area contributed by atoms with Gasteiger partial charge in [-0.1, -0.05) is 48.5 Å². The number of ether oxygens (including phenoxy) is 1. The van der Waals surface area contributed by atoms with E-state index in [2.05, 4.69) is 48.5 Å². The molecule has 0 fully saturated rings. The molecule has 0 unspecified atom stereocenters. The molecule has 0 N–H and O–H groups in total. The molecule has 2 nitrogen and oxygen atoms in total. The normalized spacial score (nSPS) is 10.8. The summed E-state index contributed by atoms with van der Waals surface area (Å²) in [4.78, 5) is 4.76. The van der Waals surface area contributed by atoms with E-state index in [1.807, 2.05) is 24.3 Å². The second-order valence-electron chi connectivity index (χ2n) is 5.27. The van der Waals surface area contributed by atoms with Crippen LogP contribution in [-0.4, -0.2) is 12.1 Å². The van der Waals surface area contributed by atoms with Crippen molar-refractivity contribution in [3.8, 4) is 27.4 Å². The molecule has 0 saturated carbocycles. The molecule has 0 bridgehead atoms. The Kier molecular flexibility index (Phi) is 3.56. The van der Waals surface area contributed by atoms with Crippen LogP contribution in [0.2, 0.25) is 0 Å². The van der Waals surface area contributed by atoms with Crippen LogP contribution in [0.1, 0.15) is 0 Å². The Morgan fingerprint density at radius 3 is 2.43 bits per heavy atom. The van der Waals surface area contributed by atoms with Gasteiger partial charge in [-0.05, 0) is 35.4 Å². The highest BCUT2D eigenvalue weighted by molar-refractivity contribution is 7.21. The summed E-state index contributed by atoms with van der Waals surface area (Å²) >= 11 is 1.70. The largest absolute Gasteiger partial charge is 0.496 e. The van der Waals surface area contributed by atoms with Crippen LogP contribution in [0.15, 0.2) is 72.8 Å². The van der Waals surface area contributed by atoms with E-state index < -0.39 is 0 Å². The van der Waals surface area contributed by atoms with Gasteiger partial charge in [-0.25, -0.2) is 4.98 Å². The predicted octanol–water partition coefficient (Wildman–Crippen LogP) is 5.64. The molecule has 0 atom stereocenters. The number of hydrogen-bond donors (Lipinski definition) is 0. The lowest BCUT2D eigenvalue weighted by atomic mass is 10.1. The number of rotatable bonds is 3. The first-order chi connectivity index (χ1) is 11.3. The number of hydrogen-bond acceptors (Lipinski definition) is 3.